The number of benzene rings is 1. The molecule has 1 saturated heterocycles. The molecule has 0 radical (unpaired) electrons. The fourth-order valence-corrected chi connectivity index (χ4v) is 3.05. The van der Waals surface area contributed by atoms with Gasteiger partial charge in [0.1, 0.15) is 0 Å². The zero-order valence-electron chi connectivity index (χ0n) is 12.6. The minimum atomic E-state index is -0.438. The number of thioether (sulfide) groups is 1. The molecule has 0 aliphatic carbocycles. The van der Waals surface area contributed by atoms with Crippen LogP contribution in [0.4, 0.5) is 0 Å². The van der Waals surface area contributed by atoms with Gasteiger partial charge in [0.05, 0.1) is 5.54 Å². The van der Waals surface area contributed by atoms with Crippen LogP contribution in [0.5, 0.6) is 0 Å². The predicted octanol–water partition coefficient (Wildman–Crippen LogP) is 2.67. The van der Waals surface area contributed by atoms with Crippen LogP contribution in [0.2, 0.25) is 0 Å². The first kappa shape index (κ1) is 15.5. The third-order valence-corrected chi connectivity index (χ3v) is 4.78. The summed E-state index contributed by atoms with van der Waals surface area (Å²) in [7, 11) is 0. The molecule has 1 aromatic rings. The first-order chi connectivity index (χ1) is 9.55. The number of Topliss-reactive ketones (excluding diaryl/α,β-unsaturated/α-hetero) is 1. The van der Waals surface area contributed by atoms with Crippen molar-refractivity contribution in [3.8, 4) is 0 Å². The third-order valence-electron chi connectivity index (χ3n) is 4.04. The van der Waals surface area contributed by atoms with Crippen molar-refractivity contribution >= 4 is 17.5 Å². The maximum absolute atomic E-state index is 12.8. The van der Waals surface area contributed by atoms with E-state index in [1.807, 2.05) is 44.4 Å². The third kappa shape index (κ3) is 3.43. The van der Waals surface area contributed by atoms with Crippen LogP contribution in [0.25, 0.3) is 0 Å². The van der Waals surface area contributed by atoms with E-state index in [4.69, 9.17) is 0 Å². The molecule has 1 heterocycles. The molecule has 0 aromatic heterocycles. The SMILES string of the molecule is CSc1ccc(C(=O)C(C)(C)N2CCCNCC2)cc1. The van der Waals surface area contributed by atoms with Gasteiger partial charge >= 0.3 is 0 Å². The van der Waals surface area contributed by atoms with E-state index < -0.39 is 5.54 Å². The number of hydrogen-bond donors (Lipinski definition) is 1. The maximum atomic E-state index is 12.8. The Morgan fingerprint density at radius 3 is 2.55 bits per heavy atom. The van der Waals surface area contributed by atoms with Crippen LogP contribution in [0.1, 0.15) is 30.6 Å². The van der Waals surface area contributed by atoms with E-state index in [-0.39, 0.29) is 5.78 Å². The molecule has 2 rings (SSSR count). The lowest BCUT2D eigenvalue weighted by molar-refractivity contribution is 0.0658. The summed E-state index contributed by atoms with van der Waals surface area (Å²) in [6, 6.07) is 7.95. The number of carbonyl (C=O) groups is 1. The highest BCUT2D eigenvalue weighted by atomic mass is 32.2. The highest BCUT2D eigenvalue weighted by Crippen LogP contribution is 2.23. The van der Waals surface area contributed by atoms with Gasteiger partial charge < -0.3 is 5.32 Å². The summed E-state index contributed by atoms with van der Waals surface area (Å²) in [4.78, 5) is 16.3. The van der Waals surface area contributed by atoms with Gasteiger partial charge in [-0.25, -0.2) is 0 Å². The van der Waals surface area contributed by atoms with Crippen LogP contribution in [-0.2, 0) is 0 Å². The minimum Gasteiger partial charge on any atom is -0.315 e. The largest absolute Gasteiger partial charge is 0.315 e. The number of carbonyl (C=O) groups excluding carboxylic acids is 1. The van der Waals surface area contributed by atoms with Crippen molar-refractivity contribution in [3.63, 3.8) is 0 Å². The van der Waals surface area contributed by atoms with Crippen molar-refractivity contribution < 1.29 is 4.79 Å². The molecule has 0 saturated carbocycles. The lowest BCUT2D eigenvalue weighted by Crippen LogP contribution is -2.51. The van der Waals surface area contributed by atoms with E-state index in [9.17, 15) is 4.79 Å². The highest BCUT2D eigenvalue weighted by Gasteiger charge is 2.35. The van der Waals surface area contributed by atoms with Gasteiger partial charge in [0.15, 0.2) is 5.78 Å². The summed E-state index contributed by atoms with van der Waals surface area (Å²) in [5, 5.41) is 3.39. The molecule has 0 bridgehead atoms. The lowest BCUT2D eigenvalue weighted by atomic mass is 9.91. The van der Waals surface area contributed by atoms with Crippen molar-refractivity contribution in [1.82, 2.24) is 10.2 Å². The second-order valence-corrected chi connectivity index (χ2v) is 6.59. The minimum absolute atomic E-state index is 0.215. The van der Waals surface area contributed by atoms with Crippen LogP contribution in [0.3, 0.4) is 0 Å². The molecule has 1 N–H and O–H groups in total. The van der Waals surface area contributed by atoms with Crippen LogP contribution >= 0.6 is 11.8 Å². The van der Waals surface area contributed by atoms with Gasteiger partial charge in [-0.15, -0.1) is 11.8 Å². The van der Waals surface area contributed by atoms with Crippen molar-refractivity contribution in [2.75, 3.05) is 32.4 Å². The van der Waals surface area contributed by atoms with E-state index in [0.29, 0.717) is 0 Å². The average Bonchev–Trinajstić information content (AvgIpc) is 2.76. The van der Waals surface area contributed by atoms with Crippen molar-refractivity contribution in [2.24, 2.45) is 0 Å². The molecule has 0 spiro atoms. The molecular formula is C16H24N2OS. The summed E-state index contributed by atoms with van der Waals surface area (Å²) < 4.78 is 0. The van der Waals surface area contributed by atoms with Crippen molar-refractivity contribution in [2.45, 2.75) is 30.7 Å². The molecule has 3 nitrogen and oxygen atoms in total. The number of nitrogens with zero attached hydrogens (tertiary/aromatic N) is 1. The van der Waals surface area contributed by atoms with Gasteiger partial charge in [-0.3, -0.25) is 9.69 Å². The van der Waals surface area contributed by atoms with Gasteiger partial charge in [0.25, 0.3) is 0 Å². The predicted molar refractivity (Wildman–Crippen MR) is 85.7 cm³/mol. The Morgan fingerprint density at radius 1 is 1.20 bits per heavy atom. The monoisotopic (exact) mass is 292 g/mol. The van der Waals surface area contributed by atoms with E-state index in [1.54, 1.807) is 11.8 Å². The average molecular weight is 292 g/mol. The lowest BCUT2D eigenvalue weighted by Gasteiger charge is -2.36. The highest BCUT2D eigenvalue weighted by molar-refractivity contribution is 7.98. The Bertz CT molecular complexity index is 448. The zero-order chi connectivity index (χ0) is 14.6. The number of rotatable bonds is 4. The zero-order valence-corrected chi connectivity index (χ0v) is 13.4. The Balaban J connectivity index is 2.15. The fraction of sp³-hybridized carbons (Fsp3) is 0.562. The molecule has 1 aliphatic heterocycles. The summed E-state index contributed by atoms with van der Waals surface area (Å²) in [6.45, 7) is 8.01. The summed E-state index contributed by atoms with van der Waals surface area (Å²) in [5.41, 5.74) is 0.373. The standard InChI is InChI=1S/C16H24N2OS/c1-16(2,18-11-4-9-17-10-12-18)15(19)13-5-7-14(20-3)8-6-13/h5-8,17H,4,9-12H2,1-3H3. The summed E-state index contributed by atoms with van der Waals surface area (Å²) >= 11 is 1.70. The van der Waals surface area contributed by atoms with Crippen LogP contribution in [0, 0.1) is 0 Å². The number of hydrogen-bond acceptors (Lipinski definition) is 4. The van der Waals surface area contributed by atoms with E-state index in [0.717, 1.165) is 38.2 Å². The first-order valence-electron chi connectivity index (χ1n) is 7.20. The van der Waals surface area contributed by atoms with E-state index in [2.05, 4.69) is 10.2 Å². The fourth-order valence-electron chi connectivity index (χ4n) is 2.64. The Kier molecular flexibility index (Phi) is 5.24. The Hall–Kier alpha value is -0.840. The smallest absolute Gasteiger partial charge is 0.182 e. The van der Waals surface area contributed by atoms with Crippen molar-refractivity contribution in [3.05, 3.63) is 29.8 Å². The van der Waals surface area contributed by atoms with Gasteiger partial charge in [-0.2, -0.15) is 0 Å². The quantitative estimate of drug-likeness (QED) is 0.683. The second kappa shape index (κ2) is 6.74. The summed E-state index contributed by atoms with van der Waals surface area (Å²) in [6.07, 6.45) is 3.15. The van der Waals surface area contributed by atoms with Gasteiger partial charge in [-0.05, 0) is 45.2 Å². The van der Waals surface area contributed by atoms with E-state index >= 15 is 0 Å². The van der Waals surface area contributed by atoms with Crippen molar-refractivity contribution in [1.29, 1.82) is 0 Å². The molecule has 110 valence electrons. The van der Waals surface area contributed by atoms with E-state index in [1.165, 1.54) is 4.90 Å². The van der Waals surface area contributed by atoms with Gasteiger partial charge in [-0.1, -0.05) is 12.1 Å². The molecule has 0 unspecified atom stereocenters. The molecule has 4 heteroatoms. The number of nitrogens with one attached hydrogen (secondary N) is 1. The van der Waals surface area contributed by atoms with Crippen LogP contribution in [-0.4, -0.2) is 48.7 Å². The van der Waals surface area contributed by atoms with Gasteiger partial charge in [0, 0.05) is 30.1 Å². The summed E-state index contributed by atoms with van der Waals surface area (Å²) in [5.74, 6) is 0.215. The molecule has 1 fully saturated rings. The Morgan fingerprint density at radius 2 is 1.90 bits per heavy atom. The normalized spacial score (nSPS) is 17.8. The first-order valence-corrected chi connectivity index (χ1v) is 8.43. The number of ketones is 1. The topological polar surface area (TPSA) is 32.3 Å². The van der Waals surface area contributed by atoms with Crippen LogP contribution in [0.15, 0.2) is 29.2 Å². The molecule has 1 aliphatic rings. The Labute approximate surface area is 126 Å². The second-order valence-electron chi connectivity index (χ2n) is 5.71. The maximum Gasteiger partial charge on any atom is 0.182 e. The molecule has 0 atom stereocenters. The molecule has 1 aromatic carbocycles. The molecule has 20 heavy (non-hydrogen) atoms. The molecular weight excluding hydrogens is 268 g/mol. The van der Waals surface area contributed by atoms with Crippen LogP contribution < -0.4 is 5.32 Å². The molecule has 0 amide bonds. The van der Waals surface area contributed by atoms with Gasteiger partial charge in [0.2, 0.25) is 0 Å².